The van der Waals surface area contributed by atoms with Gasteiger partial charge in [-0.1, -0.05) is 5.16 Å². The number of amides is 1. The largest absolute Gasteiger partial charge is 0.341 e. The molecule has 134 valence electrons. The highest BCUT2D eigenvalue weighted by molar-refractivity contribution is 7.99. The van der Waals surface area contributed by atoms with Gasteiger partial charge in [-0.05, 0) is 32.4 Å². The predicted octanol–water partition coefficient (Wildman–Crippen LogP) is -0.163. The predicted molar refractivity (Wildman–Crippen MR) is 90.9 cm³/mol. The van der Waals surface area contributed by atoms with Crippen molar-refractivity contribution in [2.45, 2.75) is 32.2 Å². The van der Waals surface area contributed by atoms with E-state index < -0.39 is 33.2 Å². The van der Waals surface area contributed by atoms with Crippen LogP contribution in [0.1, 0.15) is 26.2 Å². The summed E-state index contributed by atoms with van der Waals surface area (Å²) in [5.74, 6) is -0.0231. The molecule has 0 radical (unpaired) electrons. The number of oxime groups is 1. The number of unbranched alkanes of at least 4 members (excludes halogenated alkanes) is 1. The number of thioether (sulfide) groups is 1. The maximum Gasteiger partial charge on any atom is 0.341 e. The fraction of sp³-hybridized carbons (Fsp3) is 0.818. The van der Waals surface area contributed by atoms with Gasteiger partial charge in [0.15, 0.2) is 5.84 Å². The van der Waals surface area contributed by atoms with Crippen LogP contribution in [0.15, 0.2) is 5.16 Å². The highest BCUT2D eigenvalue weighted by atomic mass is 32.2. The van der Waals surface area contributed by atoms with Crippen LogP contribution in [0.25, 0.3) is 0 Å². The van der Waals surface area contributed by atoms with Crippen molar-refractivity contribution >= 4 is 44.8 Å². The number of nitrogens with two attached hydrogens (primary N) is 1. The van der Waals surface area contributed by atoms with E-state index in [-0.39, 0.29) is 5.88 Å². The molecular weight excluding hydrogens is 364 g/mol. The molecule has 9 nitrogen and oxygen atoms in total. The minimum atomic E-state index is -3.63. The molecular formula is C11H22N4O5S3. The zero-order valence-corrected chi connectivity index (χ0v) is 15.7. The van der Waals surface area contributed by atoms with E-state index in [0.29, 0.717) is 31.6 Å². The molecule has 0 saturated heterocycles. The second kappa shape index (κ2) is 8.85. The second-order valence-corrected chi connectivity index (χ2v) is 8.77. The van der Waals surface area contributed by atoms with Crippen LogP contribution in [0, 0.1) is 0 Å². The molecule has 0 aromatic carbocycles. The van der Waals surface area contributed by atoms with Crippen molar-refractivity contribution in [2.24, 2.45) is 10.9 Å². The standard InChI is InChI=1S/C11H22N4O5S3/c1-9-13-20-22(17)14(9)7-5-4-6-10(12)11(16)15(8-21-2)23(3,18)19/h10H,4-8,12H2,1-3H3. The summed E-state index contributed by atoms with van der Waals surface area (Å²) >= 11 is -0.364. The van der Waals surface area contributed by atoms with Gasteiger partial charge in [-0.2, -0.15) is 4.21 Å². The van der Waals surface area contributed by atoms with Gasteiger partial charge in [-0.25, -0.2) is 17.0 Å². The second-order valence-electron chi connectivity index (χ2n) is 5.00. The first-order valence-electron chi connectivity index (χ1n) is 6.86. The van der Waals surface area contributed by atoms with Crippen LogP contribution in [-0.4, -0.2) is 64.0 Å². The van der Waals surface area contributed by atoms with E-state index in [4.69, 9.17) is 5.73 Å². The number of hydrogen-bond donors (Lipinski definition) is 1. The first-order valence-corrected chi connectivity index (χ1v) is 11.1. The van der Waals surface area contributed by atoms with Gasteiger partial charge in [0.25, 0.3) is 5.91 Å². The molecule has 0 spiro atoms. The monoisotopic (exact) mass is 386 g/mol. The van der Waals surface area contributed by atoms with Crippen LogP contribution in [-0.2, 0) is 30.4 Å². The molecule has 0 aliphatic carbocycles. The maximum atomic E-state index is 12.1. The molecule has 0 bridgehead atoms. The molecule has 1 rings (SSSR count). The molecule has 23 heavy (non-hydrogen) atoms. The molecule has 1 heterocycles. The number of hydrogen-bond acceptors (Lipinski definition) is 8. The minimum Gasteiger partial charge on any atom is -0.320 e. The fourth-order valence-electron chi connectivity index (χ4n) is 1.88. The lowest BCUT2D eigenvalue weighted by atomic mass is 10.1. The Kier molecular flexibility index (Phi) is 7.77. The topological polar surface area (TPSA) is 122 Å². The lowest BCUT2D eigenvalue weighted by molar-refractivity contribution is -0.127. The summed E-state index contributed by atoms with van der Waals surface area (Å²) < 4.78 is 41.6. The summed E-state index contributed by atoms with van der Waals surface area (Å²) in [4.78, 5) is 12.1. The smallest absolute Gasteiger partial charge is 0.320 e. The summed E-state index contributed by atoms with van der Waals surface area (Å²) in [7, 11) is -3.63. The van der Waals surface area contributed by atoms with Gasteiger partial charge in [0.05, 0.1) is 18.2 Å². The van der Waals surface area contributed by atoms with E-state index in [1.54, 1.807) is 13.2 Å². The summed E-state index contributed by atoms with van der Waals surface area (Å²) in [6.45, 7) is 2.15. The molecule has 12 heteroatoms. The normalized spacial score (nSPS) is 19.2. The average molecular weight is 387 g/mol. The van der Waals surface area contributed by atoms with Crippen LogP contribution in [0.3, 0.4) is 0 Å². The summed E-state index contributed by atoms with van der Waals surface area (Å²) in [6, 6.07) is -0.882. The van der Waals surface area contributed by atoms with E-state index in [1.807, 2.05) is 0 Å². The molecule has 1 aliphatic heterocycles. The third kappa shape index (κ3) is 5.94. The number of carbonyl (C=O) groups is 1. The molecule has 0 fully saturated rings. The van der Waals surface area contributed by atoms with E-state index >= 15 is 0 Å². The highest BCUT2D eigenvalue weighted by Gasteiger charge is 2.28. The Labute approximate surface area is 143 Å². The third-order valence-corrected chi connectivity index (χ3v) is 5.91. The summed E-state index contributed by atoms with van der Waals surface area (Å²) in [5, 5.41) is 3.60. The average Bonchev–Trinajstić information content (AvgIpc) is 2.78. The van der Waals surface area contributed by atoms with Gasteiger partial charge in [-0.3, -0.25) is 9.08 Å². The van der Waals surface area contributed by atoms with E-state index in [0.717, 1.165) is 10.6 Å². The van der Waals surface area contributed by atoms with Crippen LogP contribution in [0.4, 0.5) is 0 Å². The van der Waals surface area contributed by atoms with E-state index in [9.17, 15) is 17.4 Å². The molecule has 1 amide bonds. The number of rotatable bonds is 9. The number of nitrogens with zero attached hydrogens (tertiary/aromatic N) is 3. The van der Waals surface area contributed by atoms with Gasteiger partial charge >= 0.3 is 11.3 Å². The van der Waals surface area contributed by atoms with E-state index in [2.05, 4.69) is 9.44 Å². The van der Waals surface area contributed by atoms with Gasteiger partial charge in [0.2, 0.25) is 10.0 Å². The Morgan fingerprint density at radius 2 is 2.17 bits per heavy atom. The van der Waals surface area contributed by atoms with Gasteiger partial charge < -0.3 is 5.73 Å². The number of amidine groups is 1. The number of sulfonamides is 1. The summed E-state index contributed by atoms with van der Waals surface area (Å²) in [6.07, 6.45) is 4.25. The van der Waals surface area contributed by atoms with Crippen LogP contribution >= 0.6 is 11.8 Å². The van der Waals surface area contributed by atoms with Crippen molar-refractivity contribution in [2.75, 3.05) is 24.9 Å². The molecule has 0 aromatic heterocycles. The SMILES string of the molecule is CSCN(C(=O)C(N)CCCCN1C(C)=NOS1=O)S(C)(=O)=O. The quantitative estimate of drug-likeness (QED) is 0.431. The van der Waals surface area contributed by atoms with Crippen molar-refractivity contribution in [3.05, 3.63) is 0 Å². The van der Waals surface area contributed by atoms with Crippen LogP contribution in [0.2, 0.25) is 0 Å². The third-order valence-electron chi connectivity index (χ3n) is 3.11. The van der Waals surface area contributed by atoms with Crippen molar-refractivity contribution in [1.29, 1.82) is 0 Å². The zero-order chi connectivity index (χ0) is 17.6. The van der Waals surface area contributed by atoms with Gasteiger partial charge in [-0.15, -0.1) is 11.8 Å². The molecule has 2 N–H and O–H groups in total. The first kappa shape index (κ1) is 20.2. The highest BCUT2D eigenvalue weighted by Crippen LogP contribution is 2.13. The first-order chi connectivity index (χ1) is 10.7. The Balaban J connectivity index is 2.43. The lowest BCUT2D eigenvalue weighted by Crippen LogP contribution is -2.46. The Morgan fingerprint density at radius 1 is 1.52 bits per heavy atom. The van der Waals surface area contributed by atoms with Crippen LogP contribution in [0.5, 0.6) is 0 Å². The maximum absolute atomic E-state index is 12.1. The van der Waals surface area contributed by atoms with Gasteiger partial charge in [0, 0.05) is 6.54 Å². The Bertz CT molecular complexity index is 580. The minimum absolute atomic E-state index is 0.0467. The van der Waals surface area contributed by atoms with Gasteiger partial charge in [0.1, 0.15) is 0 Å². The number of carbonyl (C=O) groups excluding carboxylic acids is 1. The Hall–Kier alpha value is -0.850. The van der Waals surface area contributed by atoms with Crippen molar-refractivity contribution in [3.63, 3.8) is 0 Å². The van der Waals surface area contributed by atoms with Crippen LogP contribution < -0.4 is 5.73 Å². The molecule has 2 unspecified atom stereocenters. The molecule has 0 saturated carbocycles. The summed E-state index contributed by atoms with van der Waals surface area (Å²) in [5.41, 5.74) is 5.81. The zero-order valence-electron chi connectivity index (χ0n) is 13.3. The van der Waals surface area contributed by atoms with E-state index in [1.165, 1.54) is 16.1 Å². The fourth-order valence-corrected chi connectivity index (χ4v) is 4.57. The van der Waals surface area contributed by atoms with Crippen molar-refractivity contribution < 1.29 is 21.7 Å². The molecule has 1 aliphatic rings. The molecule has 0 aromatic rings. The molecule has 2 atom stereocenters. The Morgan fingerprint density at radius 3 is 2.65 bits per heavy atom. The van der Waals surface area contributed by atoms with Crippen molar-refractivity contribution in [3.8, 4) is 0 Å². The van der Waals surface area contributed by atoms with Crippen molar-refractivity contribution in [1.82, 2.24) is 8.61 Å². The lowest BCUT2D eigenvalue weighted by Gasteiger charge is -2.22.